The summed E-state index contributed by atoms with van der Waals surface area (Å²) < 4.78 is 28.2. The third-order valence-electron chi connectivity index (χ3n) is 11.3. The Balaban J connectivity index is 2.79. The van der Waals surface area contributed by atoms with Gasteiger partial charge in [-0.15, -0.1) is 0 Å². The second-order valence-electron chi connectivity index (χ2n) is 17.7. The number of aliphatic carboxylic acids is 1. The number of aliphatic hydroxyl groups excluding tert-OH is 2. The SMILES string of the molecule is CC/C=C\C/C=C\C/C=C\C/C=C\CCC(=O)OC1C(OCC(COC(=O)CCCCCCC/C=C\C/C=C\C/C=C\CC)OC(=O)CCCCCCC/C=C\C/C=C\CCC)OC(C(=O)O)C(O)C1O. The molecule has 71 heavy (non-hydrogen) atoms. The highest BCUT2D eigenvalue weighted by Crippen LogP contribution is 2.26. The zero-order chi connectivity index (χ0) is 51.8. The number of esters is 3. The summed E-state index contributed by atoms with van der Waals surface area (Å²) >= 11 is 0. The average molecular weight is 993 g/mol. The number of carbonyl (C=O) groups is 4. The number of unbranched alkanes of at least 4 members (excludes halogenated alkanes) is 11. The van der Waals surface area contributed by atoms with Crippen LogP contribution in [0.25, 0.3) is 0 Å². The highest BCUT2D eigenvalue weighted by Gasteiger charge is 2.50. The van der Waals surface area contributed by atoms with Gasteiger partial charge < -0.3 is 39.0 Å². The number of hydrogen-bond acceptors (Lipinski definition) is 11. The second-order valence-corrected chi connectivity index (χ2v) is 17.7. The number of rotatable bonds is 43. The van der Waals surface area contributed by atoms with Gasteiger partial charge in [-0.1, -0.05) is 175 Å². The van der Waals surface area contributed by atoms with E-state index in [1.54, 1.807) is 0 Å². The fourth-order valence-corrected chi connectivity index (χ4v) is 7.25. The van der Waals surface area contributed by atoms with E-state index in [-0.39, 0.29) is 25.9 Å². The molecule has 6 unspecified atom stereocenters. The van der Waals surface area contributed by atoms with Crippen molar-refractivity contribution in [2.75, 3.05) is 13.2 Å². The molecule has 0 bridgehead atoms. The van der Waals surface area contributed by atoms with Crippen LogP contribution in [-0.2, 0) is 42.9 Å². The molecule has 1 heterocycles. The van der Waals surface area contributed by atoms with Gasteiger partial charge in [-0.05, 0) is 103 Å². The van der Waals surface area contributed by atoms with E-state index in [0.29, 0.717) is 25.7 Å². The summed E-state index contributed by atoms with van der Waals surface area (Å²) in [7, 11) is 0. The molecule has 3 N–H and O–H groups in total. The van der Waals surface area contributed by atoms with Gasteiger partial charge in [-0.3, -0.25) is 14.4 Å². The molecule has 1 fully saturated rings. The zero-order valence-electron chi connectivity index (χ0n) is 43.7. The maximum atomic E-state index is 13.1. The van der Waals surface area contributed by atoms with Gasteiger partial charge in [0.15, 0.2) is 24.6 Å². The average Bonchev–Trinajstić information content (AvgIpc) is 3.35. The Morgan fingerprint density at radius 3 is 1.41 bits per heavy atom. The number of allylic oxidation sites excluding steroid dienone is 18. The molecular weight excluding hydrogens is 901 g/mol. The molecule has 1 aliphatic heterocycles. The van der Waals surface area contributed by atoms with Crippen molar-refractivity contribution in [3.05, 3.63) is 109 Å². The number of hydrogen-bond donors (Lipinski definition) is 3. The van der Waals surface area contributed by atoms with Crippen LogP contribution in [0, 0.1) is 0 Å². The molecule has 0 saturated carbocycles. The predicted molar refractivity (Wildman–Crippen MR) is 284 cm³/mol. The molecule has 1 saturated heterocycles. The Kier molecular flexibility index (Phi) is 42.1. The third-order valence-corrected chi connectivity index (χ3v) is 11.3. The smallest absolute Gasteiger partial charge is 0.335 e. The summed E-state index contributed by atoms with van der Waals surface area (Å²) in [6.45, 7) is 5.60. The molecule has 1 aliphatic rings. The van der Waals surface area contributed by atoms with Crippen LogP contribution in [0.2, 0.25) is 0 Å². The molecule has 1 rings (SSSR count). The Labute approximate surface area is 427 Å². The van der Waals surface area contributed by atoms with Gasteiger partial charge in [-0.2, -0.15) is 0 Å². The molecule has 0 amide bonds. The summed E-state index contributed by atoms with van der Waals surface area (Å²) in [6, 6.07) is 0. The summed E-state index contributed by atoms with van der Waals surface area (Å²) in [4.78, 5) is 50.9. The van der Waals surface area contributed by atoms with Gasteiger partial charge in [0.1, 0.15) is 18.8 Å². The molecule has 0 aromatic heterocycles. The van der Waals surface area contributed by atoms with Crippen LogP contribution in [0.3, 0.4) is 0 Å². The molecule has 12 nitrogen and oxygen atoms in total. The largest absolute Gasteiger partial charge is 0.479 e. The fourth-order valence-electron chi connectivity index (χ4n) is 7.25. The molecule has 0 aliphatic carbocycles. The van der Waals surface area contributed by atoms with Crippen molar-refractivity contribution in [1.29, 1.82) is 0 Å². The van der Waals surface area contributed by atoms with E-state index >= 15 is 0 Å². The molecule has 0 aromatic rings. The Morgan fingerprint density at radius 2 is 0.915 bits per heavy atom. The van der Waals surface area contributed by atoms with Crippen LogP contribution in [0.1, 0.15) is 188 Å². The summed E-state index contributed by atoms with van der Waals surface area (Å²) in [5, 5.41) is 31.3. The van der Waals surface area contributed by atoms with Crippen LogP contribution in [-0.4, -0.2) is 89.2 Å². The maximum absolute atomic E-state index is 13.1. The first-order valence-corrected chi connectivity index (χ1v) is 26.9. The highest BCUT2D eigenvalue weighted by atomic mass is 16.7. The van der Waals surface area contributed by atoms with E-state index in [9.17, 15) is 34.5 Å². The van der Waals surface area contributed by atoms with Crippen molar-refractivity contribution in [2.45, 2.75) is 225 Å². The standard InChI is InChI=1S/C59H92O12/c1-4-7-10-13-16-19-22-25-26-29-30-33-36-39-42-45-51(60)67-48-50(69-52(61)46-43-40-37-34-31-27-23-20-17-14-11-8-5-2)49-68-59-57(55(64)54(63)56(71-59)58(65)66)70-53(62)47-44-41-38-35-32-28-24-21-18-15-12-9-6-3/h7,9-12,14,16,18-21,23,25-26,28,32,38,41,50,54-57,59,63-64H,4-6,8,13,15,17,22,24,27,29-31,33-37,39-40,42-49H2,1-3H3,(H,65,66)/b10-7-,12-9-,14-11-,19-16-,21-18-,23-20-,26-25-,32-28-,41-38-. The first kappa shape index (κ1) is 64.4. The van der Waals surface area contributed by atoms with Gasteiger partial charge >= 0.3 is 23.9 Å². The van der Waals surface area contributed by atoms with Gasteiger partial charge in [0.2, 0.25) is 0 Å². The van der Waals surface area contributed by atoms with Crippen molar-refractivity contribution >= 4 is 23.9 Å². The van der Waals surface area contributed by atoms with E-state index in [1.807, 2.05) is 18.2 Å². The van der Waals surface area contributed by atoms with E-state index < -0.39 is 67.3 Å². The molecule has 0 spiro atoms. The van der Waals surface area contributed by atoms with Crippen LogP contribution < -0.4 is 0 Å². The molecule has 0 aromatic carbocycles. The molecule has 400 valence electrons. The summed E-state index contributed by atoms with van der Waals surface area (Å²) in [5.74, 6) is -3.29. The van der Waals surface area contributed by atoms with Crippen molar-refractivity contribution in [3.63, 3.8) is 0 Å². The lowest BCUT2D eigenvalue weighted by Gasteiger charge is -2.40. The highest BCUT2D eigenvalue weighted by molar-refractivity contribution is 5.74. The number of aliphatic hydroxyl groups is 2. The van der Waals surface area contributed by atoms with E-state index in [2.05, 4.69) is 112 Å². The summed E-state index contributed by atoms with van der Waals surface area (Å²) in [6.07, 6.45) is 49.4. The number of carboxylic acid groups (broad SMARTS) is 1. The monoisotopic (exact) mass is 993 g/mol. The van der Waals surface area contributed by atoms with Gasteiger partial charge in [0.25, 0.3) is 0 Å². The quantitative estimate of drug-likeness (QED) is 0.0229. The Bertz CT molecular complexity index is 1650. The van der Waals surface area contributed by atoms with Crippen molar-refractivity contribution in [2.24, 2.45) is 0 Å². The number of ether oxygens (including phenoxy) is 5. The minimum Gasteiger partial charge on any atom is -0.479 e. The Hall–Kier alpha value is -4.62. The van der Waals surface area contributed by atoms with E-state index in [0.717, 1.165) is 122 Å². The van der Waals surface area contributed by atoms with E-state index in [1.165, 1.54) is 0 Å². The van der Waals surface area contributed by atoms with Crippen LogP contribution in [0.4, 0.5) is 0 Å². The van der Waals surface area contributed by atoms with Crippen LogP contribution >= 0.6 is 0 Å². The minimum absolute atomic E-state index is 0.0694. The van der Waals surface area contributed by atoms with Crippen LogP contribution in [0.15, 0.2) is 109 Å². The lowest BCUT2D eigenvalue weighted by Crippen LogP contribution is -2.61. The van der Waals surface area contributed by atoms with Crippen molar-refractivity contribution in [3.8, 4) is 0 Å². The molecule has 6 atom stereocenters. The Morgan fingerprint density at radius 1 is 0.479 bits per heavy atom. The molecular formula is C59H92O12. The maximum Gasteiger partial charge on any atom is 0.335 e. The number of carbonyl (C=O) groups excluding carboxylic acids is 3. The second kappa shape index (κ2) is 46.5. The van der Waals surface area contributed by atoms with E-state index in [4.69, 9.17) is 23.7 Å². The lowest BCUT2D eigenvalue weighted by atomic mass is 9.98. The van der Waals surface area contributed by atoms with Gasteiger partial charge in [-0.25, -0.2) is 4.79 Å². The normalized spacial score (nSPS) is 19.4. The van der Waals surface area contributed by atoms with Gasteiger partial charge in [0.05, 0.1) is 6.61 Å². The van der Waals surface area contributed by atoms with Gasteiger partial charge in [0, 0.05) is 19.3 Å². The fraction of sp³-hybridized carbons (Fsp3) is 0.627. The molecule has 0 radical (unpaired) electrons. The first-order valence-electron chi connectivity index (χ1n) is 26.9. The third kappa shape index (κ3) is 36.9. The summed E-state index contributed by atoms with van der Waals surface area (Å²) in [5.41, 5.74) is 0. The number of carboxylic acids is 1. The first-order chi connectivity index (χ1) is 34.6. The lowest BCUT2D eigenvalue weighted by molar-refractivity contribution is -0.301. The zero-order valence-corrected chi connectivity index (χ0v) is 43.7. The predicted octanol–water partition coefficient (Wildman–Crippen LogP) is 13.1. The van der Waals surface area contributed by atoms with Crippen molar-refractivity contribution in [1.82, 2.24) is 0 Å². The van der Waals surface area contributed by atoms with Crippen LogP contribution in [0.5, 0.6) is 0 Å². The van der Waals surface area contributed by atoms with Crippen molar-refractivity contribution < 1.29 is 58.2 Å². The molecule has 12 heteroatoms. The minimum atomic E-state index is -1.93. The topological polar surface area (TPSA) is 175 Å².